The fraction of sp³-hybridized carbons (Fsp3) is 0.214. The third-order valence-corrected chi connectivity index (χ3v) is 5.37. The molecule has 0 aliphatic heterocycles. The number of nitrogens with one attached hydrogen (secondary N) is 1. The van der Waals surface area contributed by atoms with Crippen molar-refractivity contribution in [2.24, 2.45) is 0 Å². The lowest BCUT2D eigenvalue weighted by Crippen LogP contribution is -2.30. The van der Waals surface area contributed by atoms with Crippen LogP contribution in [0.25, 0.3) is 0 Å². The maximum absolute atomic E-state index is 12.0. The fourth-order valence-corrected chi connectivity index (χ4v) is 3.17. The summed E-state index contributed by atoms with van der Waals surface area (Å²) in [4.78, 5) is 11.8. The number of halogens is 2. The van der Waals surface area contributed by atoms with Gasteiger partial charge in [-0.05, 0) is 37.1 Å². The van der Waals surface area contributed by atoms with Crippen molar-refractivity contribution in [3.63, 3.8) is 0 Å². The Balaban J connectivity index is 2.26. The first-order chi connectivity index (χ1) is 10.3. The molecule has 1 aromatic carbocycles. The van der Waals surface area contributed by atoms with E-state index in [1.807, 2.05) is 0 Å². The predicted molar refractivity (Wildman–Crippen MR) is 83.7 cm³/mol. The quantitative estimate of drug-likeness (QED) is 0.659. The van der Waals surface area contributed by atoms with Crippen LogP contribution in [0.4, 0.5) is 0 Å². The number of hydrogen-bond donors (Lipinski definition) is 1. The van der Waals surface area contributed by atoms with Crippen LogP contribution in [-0.4, -0.2) is 19.6 Å². The molecule has 5 nitrogen and oxygen atoms in total. The summed E-state index contributed by atoms with van der Waals surface area (Å²) in [6, 6.07) is 7.63. The van der Waals surface area contributed by atoms with Crippen molar-refractivity contribution in [2.45, 2.75) is 24.1 Å². The number of benzene rings is 1. The van der Waals surface area contributed by atoms with Crippen LogP contribution in [0.2, 0.25) is 0 Å². The first-order valence-electron chi connectivity index (χ1n) is 6.26. The molecule has 0 unspecified atom stereocenters. The summed E-state index contributed by atoms with van der Waals surface area (Å²) in [5.74, 6) is -0.319. The van der Waals surface area contributed by atoms with Crippen LogP contribution in [0.5, 0.6) is 0 Å². The molecule has 0 saturated carbocycles. The molecule has 0 heterocycles. The summed E-state index contributed by atoms with van der Waals surface area (Å²) >= 11 is 11.9. The zero-order chi connectivity index (χ0) is 16.5. The van der Waals surface area contributed by atoms with E-state index in [0.29, 0.717) is 11.1 Å². The third kappa shape index (κ3) is 3.20. The highest BCUT2D eigenvalue weighted by Gasteiger charge is 2.31. The van der Waals surface area contributed by atoms with E-state index >= 15 is 0 Å². The first-order valence-corrected chi connectivity index (χ1v) is 8.48. The number of carbonyl (C=O) groups excluding carboxylic acids is 1. The Hall–Kier alpha value is -1.34. The minimum Gasteiger partial charge on any atom is -0.292 e. The van der Waals surface area contributed by atoms with E-state index in [2.05, 4.69) is 5.48 Å². The molecular formula is C14H13Cl2NO4S. The molecule has 1 aliphatic carbocycles. The lowest BCUT2D eigenvalue weighted by molar-refractivity contribution is -0.114. The standard InChI is InChI=1S/C14H13Cl2NO4S/c1-8-9(2)14(18)12(16)11(15)13(8)17-21-22(19,20)10-6-4-3-5-7-10/h3-7,12,17H,1-2H3/t12-/m1/s1. The van der Waals surface area contributed by atoms with Crippen molar-refractivity contribution in [3.8, 4) is 0 Å². The number of hydroxylamine groups is 1. The van der Waals surface area contributed by atoms with Crippen LogP contribution >= 0.6 is 23.2 Å². The van der Waals surface area contributed by atoms with Crippen molar-refractivity contribution < 1.29 is 17.5 Å². The Labute approximate surface area is 138 Å². The Morgan fingerprint density at radius 2 is 1.73 bits per heavy atom. The number of hydrogen-bond acceptors (Lipinski definition) is 5. The molecular weight excluding hydrogens is 349 g/mol. The Morgan fingerprint density at radius 1 is 1.14 bits per heavy atom. The molecule has 0 aromatic heterocycles. The van der Waals surface area contributed by atoms with Crippen LogP contribution in [-0.2, 0) is 19.2 Å². The topological polar surface area (TPSA) is 72.5 Å². The number of Topliss-reactive ketones (excluding diaryl/α,β-unsaturated/α-hetero) is 1. The largest absolute Gasteiger partial charge is 0.317 e. The van der Waals surface area contributed by atoms with Gasteiger partial charge < -0.3 is 0 Å². The van der Waals surface area contributed by atoms with Crippen LogP contribution < -0.4 is 5.48 Å². The van der Waals surface area contributed by atoms with Gasteiger partial charge in [0.1, 0.15) is 5.38 Å². The Kier molecular flexibility index (Phi) is 4.97. The molecule has 1 N–H and O–H groups in total. The maximum Gasteiger partial charge on any atom is 0.317 e. The van der Waals surface area contributed by atoms with Gasteiger partial charge in [-0.15, -0.1) is 15.9 Å². The zero-order valence-corrected chi connectivity index (χ0v) is 14.1. The predicted octanol–water partition coefficient (Wildman–Crippen LogP) is 2.87. The van der Waals surface area contributed by atoms with Crippen LogP contribution in [0.15, 0.2) is 57.1 Å². The first kappa shape index (κ1) is 17.0. The zero-order valence-electron chi connectivity index (χ0n) is 11.8. The maximum atomic E-state index is 12.0. The van der Waals surface area contributed by atoms with Gasteiger partial charge in [0.15, 0.2) is 5.78 Å². The molecule has 8 heteroatoms. The van der Waals surface area contributed by atoms with E-state index in [0.717, 1.165) is 0 Å². The van der Waals surface area contributed by atoms with Gasteiger partial charge in [0.05, 0.1) is 15.6 Å². The second-order valence-electron chi connectivity index (χ2n) is 4.65. The van der Waals surface area contributed by atoms with Gasteiger partial charge in [-0.3, -0.25) is 4.79 Å². The SMILES string of the molecule is CC1=C(C)C(NOS(=O)(=O)c2ccccc2)=C(Cl)[C@@H](Cl)C1=O. The Bertz CT molecular complexity index is 769. The van der Waals surface area contributed by atoms with Gasteiger partial charge in [-0.25, -0.2) is 5.48 Å². The monoisotopic (exact) mass is 361 g/mol. The molecule has 22 heavy (non-hydrogen) atoms. The summed E-state index contributed by atoms with van der Waals surface area (Å²) in [7, 11) is -4.01. The van der Waals surface area contributed by atoms with Gasteiger partial charge >= 0.3 is 10.1 Å². The summed E-state index contributed by atoms with van der Waals surface area (Å²) < 4.78 is 28.9. The second kappa shape index (κ2) is 6.42. The van der Waals surface area contributed by atoms with Gasteiger partial charge in [0.25, 0.3) is 0 Å². The van der Waals surface area contributed by atoms with E-state index < -0.39 is 15.5 Å². The normalized spacial score (nSPS) is 19.6. The van der Waals surface area contributed by atoms with E-state index in [1.165, 1.54) is 12.1 Å². The van der Waals surface area contributed by atoms with E-state index in [-0.39, 0.29) is 21.4 Å². The van der Waals surface area contributed by atoms with Gasteiger partial charge in [-0.1, -0.05) is 29.8 Å². The lowest BCUT2D eigenvalue weighted by atomic mass is 9.96. The molecule has 0 bridgehead atoms. The molecule has 0 saturated heterocycles. The van der Waals surface area contributed by atoms with Gasteiger partial charge in [0, 0.05) is 0 Å². The number of alkyl halides is 1. The minimum absolute atomic E-state index is 0.00183. The molecule has 0 fully saturated rings. The van der Waals surface area contributed by atoms with Gasteiger partial charge in [0.2, 0.25) is 0 Å². The summed E-state index contributed by atoms with van der Waals surface area (Å²) in [5.41, 5.74) is 3.36. The average Bonchev–Trinajstić information content (AvgIpc) is 2.52. The minimum atomic E-state index is -4.01. The molecule has 0 radical (unpaired) electrons. The summed E-state index contributed by atoms with van der Waals surface area (Å²) in [5, 5.41) is -1.06. The number of ketones is 1. The second-order valence-corrected chi connectivity index (χ2v) is 7.04. The smallest absolute Gasteiger partial charge is 0.292 e. The van der Waals surface area contributed by atoms with Crippen LogP contribution in [0.1, 0.15) is 13.8 Å². The van der Waals surface area contributed by atoms with E-state index in [4.69, 9.17) is 27.5 Å². The van der Waals surface area contributed by atoms with E-state index in [9.17, 15) is 13.2 Å². The third-order valence-electron chi connectivity index (χ3n) is 3.28. The number of rotatable bonds is 4. The highest BCUT2D eigenvalue weighted by atomic mass is 35.5. The number of allylic oxidation sites excluding steroid dienone is 3. The molecule has 0 spiro atoms. The summed E-state index contributed by atoms with van der Waals surface area (Å²) in [6.07, 6.45) is 0. The highest BCUT2D eigenvalue weighted by molar-refractivity contribution is 7.86. The van der Waals surface area contributed by atoms with Crippen molar-refractivity contribution in [1.29, 1.82) is 0 Å². The Morgan fingerprint density at radius 3 is 2.32 bits per heavy atom. The molecule has 1 aliphatic rings. The van der Waals surface area contributed by atoms with Crippen LogP contribution in [0.3, 0.4) is 0 Å². The van der Waals surface area contributed by atoms with Crippen molar-refractivity contribution in [3.05, 3.63) is 52.2 Å². The van der Waals surface area contributed by atoms with Crippen molar-refractivity contribution >= 4 is 39.1 Å². The van der Waals surface area contributed by atoms with E-state index in [1.54, 1.807) is 32.0 Å². The summed E-state index contributed by atoms with van der Waals surface area (Å²) in [6.45, 7) is 3.21. The highest BCUT2D eigenvalue weighted by Crippen LogP contribution is 2.32. The molecule has 1 aromatic rings. The fourth-order valence-electron chi connectivity index (χ4n) is 1.84. The average molecular weight is 362 g/mol. The molecule has 1 atom stereocenters. The van der Waals surface area contributed by atoms with Crippen molar-refractivity contribution in [1.82, 2.24) is 5.48 Å². The van der Waals surface area contributed by atoms with Crippen molar-refractivity contribution in [2.75, 3.05) is 0 Å². The van der Waals surface area contributed by atoms with Gasteiger partial charge in [-0.2, -0.15) is 8.42 Å². The molecule has 0 amide bonds. The molecule has 118 valence electrons. The lowest BCUT2D eigenvalue weighted by Gasteiger charge is -2.22. The van der Waals surface area contributed by atoms with Crippen LogP contribution in [0, 0.1) is 0 Å². The number of carbonyl (C=O) groups is 1. The molecule has 2 rings (SSSR count).